The van der Waals surface area contributed by atoms with E-state index in [1.165, 1.54) is 9.80 Å². The van der Waals surface area contributed by atoms with Crippen molar-refractivity contribution in [3.8, 4) is 0 Å². The van der Waals surface area contributed by atoms with Crippen LogP contribution in [-0.2, 0) is 33.6 Å². The lowest BCUT2D eigenvalue weighted by Crippen LogP contribution is -2.57. The first-order valence-electron chi connectivity index (χ1n) is 12.9. The van der Waals surface area contributed by atoms with Crippen LogP contribution in [0.15, 0.2) is 0 Å². The molecule has 17 heteroatoms. The molecule has 2 saturated heterocycles. The van der Waals surface area contributed by atoms with Crippen molar-refractivity contribution in [1.29, 1.82) is 0 Å². The quantitative estimate of drug-likeness (QED) is 0.0975. The summed E-state index contributed by atoms with van der Waals surface area (Å²) in [6.07, 6.45) is 1.02. The molecule has 40 heavy (non-hydrogen) atoms. The monoisotopic (exact) mass is 571 g/mol. The molecule has 224 valence electrons. The van der Waals surface area contributed by atoms with Gasteiger partial charge in [0.2, 0.25) is 35.4 Å². The van der Waals surface area contributed by atoms with E-state index in [2.05, 4.69) is 16.0 Å². The minimum absolute atomic E-state index is 0.163. The molecule has 0 spiro atoms. The average molecular weight is 572 g/mol. The fourth-order valence-corrected chi connectivity index (χ4v) is 4.61. The van der Waals surface area contributed by atoms with E-state index < -0.39 is 91.4 Å². The number of likely N-dealkylation sites (tertiary alicyclic amines) is 2. The number of rotatable bonds is 14. The zero-order valence-electron chi connectivity index (χ0n) is 21.9. The predicted molar refractivity (Wildman–Crippen MR) is 135 cm³/mol. The van der Waals surface area contributed by atoms with E-state index in [1.54, 1.807) is 0 Å². The number of carbonyl (C=O) groups is 7. The number of hydrogen-bond donors (Lipinski definition) is 8. The third-order valence-corrected chi connectivity index (χ3v) is 6.73. The lowest BCUT2D eigenvalue weighted by Gasteiger charge is -2.33. The predicted octanol–water partition coefficient (Wildman–Crippen LogP) is -5.28. The number of nitrogens with two attached hydrogens (primary N) is 2. The number of carbonyl (C=O) groups excluding carboxylic acids is 6. The molecule has 2 fully saturated rings. The van der Waals surface area contributed by atoms with Crippen LogP contribution in [0, 0.1) is 0 Å². The fourth-order valence-electron chi connectivity index (χ4n) is 4.61. The Balaban J connectivity index is 2.13. The van der Waals surface area contributed by atoms with E-state index in [0.29, 0.717) is 12.8 Å². The number of nitrogens with zero attached hydrogens (tertiary/aromatic N) is 2. The van der Waals surface area contributed by atoms with Crippen LogP contribution in [-0.4, -0.2) is 130 Å². The summed E-state index contributed by atoms with van der Waals surface area (Å²) >= 11 is 0. The minimum atomic E-state index is -1.53. The third-order valence-electron chi connectivity index (χ3n) is 6.73. The molecule has 0 aromatic carbocycles. The van der Waals surface area contributed by atoms with Gasteiger partial charge in [-0.15, -0.1) is 0 Å². The number of primary amides is 1. The summed E-state index contributed by atoms with van der Waals surface area (Å²) in [6.45, 7) is -1.67. The lowest BCUT2D eigenvalue weighted by atomic mass is 10.1. The summed E-state index contributed by atoms with van der Waals surface area (Å²) in [7, 11) is 0. The van der Waals surface area contributed by atoms with E-state index in [9.17, 15) is 38.7 Å². The third kappa shape index (κ3) is 8.59. The van der Waals surface area contributed by atoms with Crippen molar-refractivity contribution < 1.29 is 48.9 Å². The maximum Gasteiger partial charge on any atom is 0.328 e. The molecule has 0 unspecified atom stereocenters. The summed E-state index contributed by atoms with van der Waals surface area (Å²) in [4.78, 5) is 88.9. The van der Waals surface area contributed by atoms with Gasteiger partial charge in [0, 0.05) is 19.5 Å². The van der Waals surface area contributed by atoms with E-state index >= 15 is 0 Å². The molecule has 0 aromatic rings. The topological polar surface area (TPSA) is 275 Å². The SMILES string of the molecule is NC(=O)CC[C@H](NC(=O)CNC(=O)[C@@H](N)CO)C(=O)N1CCC[C@H]1C(=O)N1CCC[C@H]1C(=O)N[C@@H](CO)C(=O)O. The van der Waals surface area contributed by atoms with Gasteiger partial charge in [0.05, 0.1) is 19.8 Å². The van der Waals surface area contributed by atoms with Crippen LogP contribution < -0.4 is 27.4 Å². The van der Waals surface area contributed by atoms with Crippen LogP contribution in [0.25, 0.3) is 0 Å². The van der Waals surface area contributed by atoms with Gasteiger partial charge in [-0.2, -0.15) is 0 Å². The Morgan fingerprint density at radius 2 is 1.50 bits per heavy atom. The Kier molecular flexibility index (Phi) is 12.2. The highest BCUT2D eigenvalue weighted by atomic mass is 16.4. The van der Waals surface area contributed by atoms with Crippen LogP contribution in [0.1, 0.15) is 38.5 Å². The average Bonchev–Trinajstić information content (AvgIpc) is 3.61. The molecule has 6 amide bonds. The molecule has 2 aliphatic rings. The number of amides is 6. The summed E-state index contributed by atoms with van der Waals surface area (Å²) in [6, 6.07) is -5.99. The zero-order chi connectivity index (χ0) is 30.0. The van der Waals surface area contributed by atoms with Gasteiger partial charge in [-0.3, -0.25) is 28.8 Å². The van der Waals surface area contributed by atoms with E-state index in [1.807, 2.05) is 0 Å². The van der Waals surface area contributed by atoms with Crippen molar-refractivity contribution >= 4 is 41.4 Å². The Morgan fingerprint density at radius 1 is 0.875 bits per heavy atom. The Bertz CT molecular complexity index is 993. The summed E-state index contributed by atoms with van der Waals surface area (Å²) in [5.41, 5.74) is 10.6. The molecular weight excluding hydrogens is 534 g/mol. The van der Waals surface area contributed by atoms with Gasteiger partial charge < -0.3 is 52.5 Å². The number of nitrogens with one attached hydrogen (secondary N) is 3. The molecular formula is C23H37N7O10. The number of aliphatic hydroxyl groups excluding tert-OH is 2. The van der Waals surface area contributed by atoms with Crippen LogP contribution in [0.5, 0.6) is 0 Å². The molecule has 10 N–H and O–H groups in total. The summed E-state index contributed by atoms with van der Waals surface area (Å²) in [5, 5.41) is 34.1. The van der Waals surface area contributed by atoms with Crippen LogP contribution >= 0.6 is 0 Å². The smallest absolute Gasteiger partial charge is 0.328 e. The maximum atomic E-state index is 13.5. The van der Waals surface area contributed by atoms with E-state index in [-0.39, 0.29) is 38.8 Å². The van der Waals surface area contributed by atoms with Gasteiger partial charge in [-0.05, 0) is 32.1 Å². The first-order chi connectivity index (χ1) is 18.9. The second-order valence-corrected chi connectivity index (χ2v) is 9.59. The van der Waals surface area contributed by atoms with Gasteiger partial charge in [0.25, 0.3) is 0 Å². The van der Waals surface area contributed by atoms with E-state index in [4.69, 9.17) is 21.7 Å². The first kappa shape index (κ1) is 32.4. The fraction of sp³-hybridized carbons (Fsp3) is 0.696. The van der Waals surface area contributed by atoms with Crippen molar-refractivity contribution in [2.45, 2.75) is 68.7 Å². The Morgan fingerprint density at radius 3 is 2.08 bits per heavy atom. The molecule has 0 saturated carbocycles. The molecule has 2 heterocycles. The van der Waals surface area contributed by atoms with Gasteiger partial charge in [0.1, 0.15) is 30.2 Å². The molecule has 2 aliphatic heterocycles. The van der Waals surface area contributed by atoms with Gasteiger partial charge in [-0.1, -0.05) is 0 Å². The normalized spacial score (nSPS) is 20.8. The minimum Gasteiger partial charge on any atom is -0.480 e. The van der Waals surface area contributed by atoms with E-state index in [0.717, 1.165) is 0 Å². The second kappa shape index (κ2) is 15.1. The Labute approximate surface area is 229 Å². The molecule has 0 bridgehead atoms. The summed E-state index contributed by atoms with van der Waals surface area (Å²) in [5.74, 6) is -5.65. The highest BCUT2D eigenvalue weighted by molar-refractivity contribution is 5.96. The first-order valence-corrected chi connectivity index (χ1v) is 12.9. The number of carboxylic acid groups (broad SMARTS) is 1. The van der Waals surface area contributed by atoms with Crippen molar-refractivity contribution in [3.63, 3.8) is 0 Å². The lowest BCUT2D eigenvalue weighted by molar-refractivity contribution is -0.149. The molecule has 17 nitrogen and oxygen atoms in total. The standard InChI is InChI=1S/C23H37N7O10/c24-12(10-31)19(35)26-9-18(34)27-13(5-6-17(25)33)21(37)30-8-2-4-16(30)22(38)29-7-1-3-15(29)20(36)28-14(11-32)23(39)40/h12-16,31-32H,1-11,24H2,(H2,25,33)(H,26,35)(H,27,34)(H,28,36)(H,39,40)/t12-,13-,14-,15-,16-/m0/s1. The summed E-state index contributed by atoms with van der Waals surface area (Å²) < 4.78 is 0. The second-order valence-electron chi connectivity index (χ2n) is 9.59. The van der Waals surface area contributed by atoms with Crippen molar-refractivity contribution in [2.24, 2.45) is 11.5 Å². The molecule has 5 atom stereocenters. The van der Waals surface area contributed by atoms with Crippen molar-refractivity contribution in [2.75, 3.05) is 32.8 Å². The number of aliphatic hydroxyl groups is 2. The van der Waals surface area contributed by atoms with Crippen LogP contribution in [0.4, 0.5) is 0 Å². The molecule has 0 aliphatic carbocycles. The molecule has 0 radical (unpaired) electrons. The maximum absolute atomic E-state index is 13.5. The van der Waals surface area contributed by atoms with Gasteiger partial charge >= 0.3 is 5.97 Å². The highest BCUT2D eigenvalue weighted by Crippen LogP contribution is 2.26. The molecule has 2 rings (SSSR count). The van der Waals surface area contributed by atoms with Crippen molar-refractivity contribution in [3.05, 3.63) is 0 Å². The largest absolute Gasteiger partial charge is 0.480 e. The zero-order valence-corrected chi connectivity index (χ0v) is 21.9. The van der Waals surface area contributed by atoms with Gasteiger partial charge in [0.15, 0.2) is 0 Å². The molecule has 0 aromatic heterocycles. The van der Waals surface area contributed by atoms with Crippen molar-refractivity contribution in [1.82, 2.24) is 25.8 Å². The highest BCUT2D eigenvalue weighted by Gasteiger charge is 2.44. The number of hydrogen-bond acceptors (Lipinski definition) is 10. The van der Waals surface area contributed by atoms with Crippen LogP contribution in [0.3, 0.4) is 0 Å². The number of aliphatic carboxylic acids is 1. The van der Waals surface area contributed by atoms with Crippen LogP contribution in [0.2, 0.25) is 0 Å². The number of carboxylic acids is 1. The Hall–Kier alpha value is -3.83. The van der Waals surface area contributed by atoms with Gasteiger partial charge in [-0.25, -0.2) is 4.79 Å².